The van der Waals surface area contributed by atoms with E-state index in [1.54, 1.807) is 0 Å². The zero-order valence-electron chi connectivity index (χ0n) is 9.90. The Morgan fingerprint density at radius 1 is 1.19 bits per heavy atom. The highest BCUT2D eigenvalue weighted by Crippen LogP contribution is 2.11. The van der Waals surface area contributed by atoms with E-state index in [0.717, 1.165) is 12.0 Å². The van der Waals surface area contributed by atoms with Crippen molar-refractivity contribution in [2.24, 2.45) is 5.92 Å². The highest BCUT2D eigenvalue weighted by molar-refractivity contribution is 6.01. The first-order chi connectivity index (χ1) is 7.65. The van der Waals surface area contributed by atoms with Crippen molar-refractivity contribution in [2.75, 3.05) is 0 Å². The van der Waals surface area contributed by atoms with Gasteiger partial charge in [-0.3, -0.25) is 9.59 Å². The van der Waals surface area contributed by atoms with Gasteiger partial charge in [-0.1, -0.05) is 37.3 Å². The molecule has 0 aliphatic rings. The van der Waals surface area contributed by atoms with Crippen molar-refractivity contribution in [1.29, 1.82) is 0 Å². The van der Waals surface area contributed by atoms with Crippen LogP contribution in [0.1, 0.15) is 32.3 Å². The number of rotatable bonds is 6. The Kier molecular flexibility index (Phi) is 4.90. The lowest BCUT2D eigenvalue weighted by molar-refractivity contribution is -0.131. The lowest BCUT2D eigenvalue weighted by Gasteiger charge is -2.09. The van der Waals surface area contributed by atoms with Crippen LogP contribution in [0.2, 0.25) is 0 Å². The van der Waals surface area contributed by atoms with Crippen molar-refractivity contribution in [1.82, 2.24) is 0 Å². The highest BCUT2D eigenvalue weighted by Gasteiger charge is 2.20. The average molecular weight is 218 g/mol. The maximum Gasteiger partial charge on any atom is 0.143 e. The van der Waals surface area contributed by atoms with Gasteiger partial charge in [0.05, 0.1) is 5.92 Å². The van der Waals surface area contributed by atoms with E-state index >= 15 is 0 Å². The number of ketones is 2. The Morgan fingerprint density at radius 2 is 1.81 bits per heavy atom. The Hall–Kier alpha value is -1.44. The Bertz CT molecular complexity index is 354. The molecule has 0 bridgehead atoms. The van der Waals surface area contributed by atoms with Crippen LogP contribution >= 0.6 is 0 Å². The van der Waals surface area contributed by atoms with Crippen LogP contribution in [-0.4, -0.2) is 11.6 Å². The van der Waals surface area contributed by atoms with E-state index in [0.29, 0.717) is 12.8 Å². The molecule has 16 heavy (non-hydrogen) atoms. The van der Waals surface area contributed by atoms with Crippen LogP contribution in [0.3, 0.4) is 0 Å². The molecule has 1 atom stereocenters. The number of carbonyl (C=O) groups excluding carboxylic acids is 2. The van der Waals surface area contributed by atoms with Crippen molar-refractivity contribution >= 4 is 11.6 Å². The van der Waals surface area contributed by atoms with Crippen molar-refractivity contribution in [2.45, 2.75) is 33.1 Å². The van der Waals surface area contributed by atoms with Crippen LogP contribution in [0, 0.1) is 5.92 Å². The third-order valence-electron chi connectivity index (χ3n) is 2.79. The molecule has 0 spiro atoms. The van der Waals surface area contributed by atoms with Gasteiger partial charge in [-0.05, 0) is 25.3 Å². The molecule has 0 saturated carbocycles. The summed E-state index contributed by atoms with van der Waals surface area (Å²) in [5.74, 6) is -0.344. The van der Waals surface area contributed by atoms with Gasteiger partial charge in [0.1, 0.15) is 11.6 Å². The van der Waals surface area contributed by atoms with Gasteiger partial charge >= 0.3 is 0 Å². The van der Waals surface area contributed by atoms with E-state index < -0.39 is 5.92 Å². The van der Waals surface area contributed by atoms with Crippen molar-refractivity contribution in [3.63, 3.8) is 0 Å². The van der Waals surface area contributed by atoms with Crippen LogP contribution in [0.15, 0.2) is 30.3 Å². The summed E-state index contributed by atoms with van der Waals surface area (Å²) in [4.78, 5) is 23.0. The molecule has 0 aliphatic heterocycles. The summed E-state index contributed by atoms with van der Waals surface area (Å²) in [5, 5.41) is 0. The molecule has 0 N–H and O–H groups in total. The predicted molar refractivity (Wildman–Crippen MR) is 64.2 cm³/mol. The van der Waals surface area contributed by atoms with Gasteiger partial charge in [-0.15, -0.1) is 0 Å². The number of carbonyl (C=O) groups is 2. The van der Waals surface area contributed by atoms with E-state index in [2.05, 4.69) is 0 Å². The fraction of sp³-hybridized carbons (Fsp3) is 0.429. The predicted octanol–water partition coefficient (Wildman–Crippen LogP) is 2.80. The molecule has 0 heterocycles. The summed E-state index contributed by atoms with van der Waals surface area (Å²) in [5.41, 5.74) is 1.15. The fourth-order valence-electron chi connectivity index (χ4n) is 1.83. The molecule has 0 aromatic heterocycles. The number of hydrogen-bond acceptors (Lipinski definition) is 2. The zero-order chi connectivity index (χ0) is 12.0. The molecule has 0 radical (unpaired) electrons. The van der Waals surface area contributed by atoms with Gasteiger partial charge in [0.15, 0.2) is 0 Å². The molecular weight excluding hydrogens is 200 g/mol. The topological polar surface area (TPSA) is 34.1 Å². The third-order valence-corrected chi connectivity index (χ3v) is 2.79. The maximum atomic E-state index is 11.8. The first-order valence-electron chi connectivity index (χ1n) is 5.72. The number of hydrogen-bond donors (Lipinski definition) is 0. The van der Waals surface area contributed by atoms with E-state index in [1.165, 1.54) is 6.92 Å². The minimum absolute atomic E-state index is 0.0134. The number of benzene rings is 1. The Labute approximate surface area is 96.7 Å². The van der Waals surface area contributed by atoms with Gasteiger partial charge in [0, 0.05) is 6.42 Å². The standard InChI is InChI=1S/C14H18O2/c1-3-13(11(2)15)14(16)10-9-12-7-5-4-6-8-12/h4-8,13H,3,9-10H2,1-2H3. The molecular formula is C14H18O2. The smallest absolute Gasteiger partial charge is 0.143 e. The Morgan fingerprint density at radius 3 is 2.31 bits per heavy atom. The maximum absolute atomic E-state index is 11.8. The molecule has 2 nitrogen and oxygen atoms in total. The van der Waals surface area contributed by atoms with Crippen molar-refractivity contribution in [3.05, 3.63) is 35.9 Å². The van der Waals surface area contributed by atoms with Gasteiger partial charge in [0.2, 0.25) is 0 Å². The van der Waals surface area contributed by atoms with Crippen LogP contribution in [0.4, 0.5) is 0 Å². The fourth-order valence-corrected chi connectivity index (χ4v) is 1.83. The molecule has 1 rings (SSSR count). The van der Waals surface area contributed by atoms with E-state index in [-0.39, 0.29) is 11.6 Å². The molecule has 0 fully saturated rings. The lowest BCUT2D eigenvalue weighted by atomic mass is 9.93. The summed E-state index contributed by atoms with van der Waals surface area (Å²) < 4.78 is 0. The monoisotopic (exact) mass is 218 g/mol. The van der Waals surface area contributed by atoms with Crippen molar-refractivity contribution < 1.29 is 9.59 Å². The Balaban J connectivity index is 2.49. The first-order valence-corrected chi connectivity index (χ1v) is 5.72. The van der Waals surface area contributed by atoms with Gasteiger partial charge in [-0.25, -0.2) is 0 Å². The molecule has 2 heteroatoms. The van der Waals surface area contributed by atoms with E-state index in [1.807, 2.05) is 37.3 Å². The van der Waals surface area contributed by atoms with Crippen LogP contribution in [0.25, 0.3) is 0 Å². The lowest BCUT2D eigenvalue weighted by Crippen LogP contribution is -2.21. The normalized spacial score (nSPS) is 12.1. The molecule has 1 aromatic rings. The quantitative estimate of drug-likeness (QED) is 0.688. The summed E-state index contributed by atoms with van der Waals surface area (Å²) >= 11 is 0. The second-order valence-corrected chi connectivity index (χ2v) is 4.02. The van der Waals surface area contributed by atoms with E-state index in [9.17, 15) is 9.59 Å². The molecule has 0 amide bonds. The van der Waals surface area contributed by atoms with Crippen LogP contribution in [0.5, 0.6) is 0 Å². The molecule has 0 saturated heterocycles. The second-order valence-electron chi connectivity index (χ2n) is 4.02. The van der Waals surface area contributed by atoms with Gasteiger partial charge in [-0.2, -0.15) is 0 Å². The molecule has 1 aromatic carbocycles. The third kappa shape index (κ3) is 3.61. The number of Topliss-reactive ketones (excluding diaryl/α,β-unsaturated/α-hetero) is 2. The van der Waals surface area contributed by atoms with E-state index in [4.69, 9.17) is 0 Å². The van der Waals surface area contributed by atoms with Crippen molar-refractivity contribution in [3.8, 4) is 0 Å². The number of aryl methyl sites for hydroxylation is 1. The molecule has 86 valence electrons. The molecule has 1 unspecified atom stereocenters. The summed E-state index contributed by atoms with van der Waals surface area (Å²) in [6, 6.07) is 9.88. The molecule has 0 aliphatic carbocycles. The minimum atomic E-state index is -0.399. The first kappa shape index (κ1) is 12.6. The second kappa shape index (κ2) is 6.21. The summed E-state index contributed by atoms with van der Waals surface area (Å²) in [7, 11) is 0. The average Bonchev–Trinajstić information content (AvgIpc) is 2.28. The van der Waals surface area contributed by atoms with Gasteiger partial charge in [0.25, 0.3) is 0 Å². The summed E-state index contributed by atoms with van der Waals surface area (Å²) in [6.45, 7) is 3.38. The largest absolute Gasteiger partial charge is 0.299 e. The minimum Gasteiger partial charge on any atom is -0.299 e. The summed E-state index contributed by atoms with van der Waals surface area (Å²) in [6.07, 6.45) is 1.80. The van der Waals surface area contributed by atoms with Gasteiger partial charge < -0.3 is 0 Å². The van der Waals surface area contributed by atoms with Crippen LogP contribution < -0.4 is 0 Å². The SMILES string of the molecule is CCC(C(C)=O)C(=O)CCc1ccccc1. The highest BCUT2D eigenvalue weighted by atomic mass is 16.1. The van der Waals surface area contributed by atoms with Crippen LogP contribution in [-0.2, 0) is 16.0 Å². The zero-order valence-corrected chi connectivity index (χ0v) is 9.90.